The summed E-state index contributed by atoms with van der Waals surface area (Å²) in [5.74, 6) is -1.49. The molecule has 0 atom stereocenters. The van der Waals surface area contributed by atoms with Gasteiger partial charge in [-0.3, -0.25) is 0 Å². The molecule has 0 aliphatic heterocycles. The number of nitrogen functional groups attached to an aromatic ring is 1. The van der Waals surface area contributed by atoms with Crippen molar-refractivity contribution in [3.63, 3.8) is 0 Å². The number of unbranched alkanes of at least 4 members (excludes halogenated alkanes) is 1. The number of benzene rings is 1. The third kappa shape index (κ3) is 4.33. The van der Waals surface area contributed by atoms with Crippen LogP contribution in [0.5, 0.6) is 5.75 Å². The third-order valence-corrected chi connectivity index (χ3v) is 2.22. The smallest absolute Gasteiger partial charge is 0.387 e. The van der Waals surface area contributed by atoms with Gasteiger partial charge in [0.25, 0.3) is 0 Å². The van der Waals surface area contributed by atoms with Crippen molar-refractivity contribution in [2.45, 2.75) is 19.5 Å². The zero-order chi connectivity index (χ0) is 13.5. The van der Waals surface area contributed by atoms with Crippen molar-refractivity contribution in [3.05, 3.63) is 17.9 Å². The van der Waals surface area contributed by atoms with E-state index in [4.69, 9.17) is 10.8 Å². The normalized spacial score (nSPS) is 10.7. The van der Waals surface area contributed by atoms with Crippen LogP contribution < -0.4 is 15.8 Å². The number of ether oxygens (including phenoxy) is 1. The molecular weight excluding hydrogens is 249 g/mol. The summed E-state index contributed by atoms with van der Waals surface area (Å²) in [4.78, 5) is 0. The number of rotatable bonds is 7. The number of hydrogen-bond donors (Lipinski definition) is 3. The van der Waals surface area contributed by atoms with Crippen LogP contribution in [-0.2, 0) is 0 Å². The highest BCUT2D eigenvalue weighted by Crippen LogP contribution is 2.29. The van der Waals surface area contributed by atoms with Gasteiger partial charge in [-0.15, -0.1) is 0 Å². The first-order valence-corrected chi connectivity index (χ1v) is 5.43. The molecule has 102 valence electrons. The van der Waals surface area contributed by atoms with Gasteiger partial charge >= 0.3 is 6.61 Å². The molecule has 0 heterocycles. The van der Waals surface area contributed by atoms with E-state index in [1.807, 2.05) is 0 Å². The molecule has 0 aromatic heterocycles. The molecule has 0 saturated heterocycles. The number of nitrogens with two attached hydrogens (primary N) is 1. The van der Waals surface area contributed by atoms with Crippen LogP contribution in [0.15, 0.2) is 12.1 Å². The topological polar surface area (TPSA) is 67.5 Å². The van der Waals surface area contributed by atoms with Gasteiger partial charge in [0.15, 0.2) is 11.6 Å². The summed E-state index contributed by atoms with van der Waals surface area (Å²) in [6, 6.07) is 2.02. The number of nitrogens with one attached hydrogen (secondary N) is 1. The molecule has 18 heavy (non-hydrogen) atoms. The fourth-order valence-electron chi connectivity index (χ4n) is 1.37. The Morgan fingerprint density at radius 3 is 2.67 bits per heavy atom. The molecule has 0 amide bonds. The monoisotopic (exact) mass is 264 g/mol. The summed E-state index contributed by atoms with van der Waals surface area (Å²) in [7, 11) is 0. The lowest BCUT2D eigenvalue weighted by atomic mass is 10.2. The molecule has 0 saturated carbocycles. The van der Waals surface area contributed by atoms with E-state index in [0.717, 1.165) is 12.1 Å². The second kappa shape index (κ2) is 6.95. The summed E-state index contributed by atoms with van der Waals surface area (Å²) in [6.45, 7) is -2.53. The molecule has 0 aliphatic carbocycles. The van der Waals surface area contributed by atoms with Crippen LogP contribution >= 0.6 is 0 Å². The lowest BCUT2D eigenvalue weighted by molar-refractivity contribution is -0.0521. The molecule has 0 unspecified atom stereocenters. The van der Waals surface area contributed by atoms with Crippen molar-refractivity contribution in [2.75, 3.05) is 24.2 Å². The molecule has 7 heteroatoms. The van der Waals surface area contributed by atoms with E-state index in [9.17, 15) is 13.2 Å². The van der Waals surface area contributed by atoms with E-state index in [-0.39, 0.29) is 12.3 Å². The molecular formula is C11H15F3N2O2. The maximum absolute atomic E-state index is 13.2. The number of anilines is 2. The summed E-state index contributed by atoms with van der Waals surface area (Å²) < 4.78 is 41.3. The quantitative estimate of drug-likeness (QED) is 0.521. The van der Waals surface area contributed by atoms with Crippen LogP contribution in [-0.4, -0.2) is 24.9 Å². The van der Waals surface area contributed by atoms with E-state index in [0.29, 0.717) is 25.1 Å². The van der Waals surface area contributed by atoms with Crippen LogP contribution in [0.1, 0.15) is 12.8 Å². The van der Waals surface area contributed by atoms with Crippen LogP contribution in [0.3, 0.4) is 0 Å². The highest BCUT2D eigenvalue weighted by Gasteiger charge is 2.13. The predicted molar refractivity (Wildman–Crippen MR) is 62.3 cm³/mol. The highest BCUT2D eigenvalue weighted by atomic mass is 19.3. The first-order valence-electron chi connectivity index (χ1n) is 5.43. The Labute approximate surface area is 103 Å². The van der Waals surface area contributed by atoms with Crippen LogP contribution in [0.2, 0.25) is 0 Å². The Morgan fingerprint density at radius 2 is 2.06 bits per heavy atom. The minimum atomic E-state index is -3.09. The van der Waals surface area contributed by atoms with E-state index in [2.05, 4.69) is 10.1 Å². The molecule has 1 rings (SSSR count). The third-order valence-electron chi connectivity index (χ3n) is 2.22. The van der Waals surface area contributed by atoms with Gasteiger partial charge in [-0.25, -0.2) is 4.39 Å². The maximum atomic E-state index is 13.2. The van der Waals surface area contributed by atoms with E-state index >= 15 is 0 Å². The first kappa shape index (κ1) is 14.4. The second-order valence-corrected chi connectivity index (χ2v) is 3.61. The number of alkyl halides is 2. The zero-order valence-corrected chi connectivity index (χ0v) is 9.63. The summed E-state index contributed by atoms with van der Waals surface area (Å²) in [5, 5.41) is 11.5. The lowest BCUT2D eigenvalue weighted by Crippen LogP contribution is -2.08. The molecule has 4 nitrogen and oxygen atoms in total. The van der Waals surface area contributed by atoms with Gasteiger partial charge in [0.05, 0.1) is 11.4 Å². The Kier molecular flexibility index (Phi) is 5.57. The van der Waals surface area contributed by atoms with Crippen LogP contribution in [0.25, 0.3) is 0 Å². The highest BCUT2D eigenvalue weighted by molar-refractivity contribution is 5.68. The van der Waals surface area contributed by atoms with Gasteiger partial charge in [0.2, 0.25) is 0 Å². The van der Waals surface area contributed by atoms with Gasteiger partial charge in [0.1, 0.15) is 0 Å². The predicted octanol–water partition coefficient (Wildman–Crippen LogP) is 2.19. The molecule has 0 radical (unpaired) electrons. The van der Waals surface area contributed by atoms with Gasteiger partial charge in [-0.2, -0.15) is 8.78 Å². The maximum Gasteiger partial charge on any atom is 0.387 e. The minimum Gasteiger partial charge on any atom is -0.432 e. The number of aliphatic hydroxyl groups is 1. The molecule has 1 aromatic carbocycles. The lowest BCUT2D eigenvalue weighted by Gasteiger charge is -2.12. The number of hydrogen-bond acceptors (Lipinski definition) is 4. The van der Waals surface area contributed by atoms with Crippen molar-refractivity contribution in [1.29, 1.82) is 0 Å². The van der Waals surface area contributed by atoms with Crippen molar-refractivity contribution in [3.8, 4) is 5.75 Å². The first-order chi connectivity index (χ1) is 8.54. The Bertz CT molecular complexity index is 389. The van der Waals surface area contributed by atoms with Gasteiger partial charge in [-0.05, 0) is 12.8 Å². The minimum absolute atomic E-state index is 0.0698. The molecule has 1 aromatic rings. The average molecular weight is 264 g/mol. The van der Waals surface area contributed by atoms with E-state index < -0.39 is 18.2 Å². The fraction of sp³-hybridized carbons (Fsp3) is 0.455. The fourth-order valence-corrected chi connectivity index (χ4v) is 1.37. The van der Waals surface area contributed by atoms with Gasteiger partial charge in [0, 0.05) is 25.3 Å². The number of aliphatic hydroxyl groups excluding tert-OH is 1. The van der Waals surface area contributed by atoms with Gasteiger partial charge < -0.3 is 20.9 Å². The zero-order valence-electron chi connectivity index (χ0n) is 9.63. The Balaban J connectivity index is 2.71. The van der Waals surface area contributed by atoms with Crippen molar-refractivity contribution in [2.24, 2.45) is 0 Å². The summed E-state index contributed by atoms with van der Waals surface area (Å²) in [6.07, 6.45) is 1.28. The standard InChI is InChI=1S/C11H15F3N2O2/c12-7-5-8(15)9(16-3-1-2-4-17)6-10(7)18-11(13)14/h5-6,11,16-17H,1-4,15H2. The second-order valence-electron chi connectivity index (χ2n) is 3.61. The van der Waals surface area contributed by atoms with E-state index in [1.165, 1.54) is 0 Å². The molecule has 0 spiro atoms. The Morgan fingerprint density at radius 1 is 1.33 bits per heavy atom. The molecule has 4 N–H and O–H groups in total. The average Bonchev–Trinajstić information content (AvgIpc) is 2.29. The molecule has 0 bridgehead atoms. The largest absolute Gasteiger partial charge is 0.432 e. The van der Waals surface area contributed by atoms with Crippen molar-refractivity contribution >= 4 is 11.4 Å². The van der Waals surface area contributed by atoms with Crippen LogP contribution in [0, 0.1) is 5.82 Å². The van der Waals surface area contributed by atoms with E-state index in [1.54, 1.807) is 0 Å². The SMILES string of the molecule is Nc1cc(F)c(OC(F)F)cc1NCCCCO. The summed E-state index contributed by atoms with van der Waals surface area (Å²) in [5.41, 5.74) is 5.97. The summed E-state index contributed by atoms with van der Waals surface area (Å²) >= 11 is 0. The Hall–Kier alpha value is -1.63. The van der Waals surface area contributed by atoms with Gasteiger partial charge in [-0.1, -0.05) is 0 Å². The molecule has 0 aliphatic rings. The number of halogens is 3. The van der Waals surface area contributed by atoms with Crippen LogP contribution in [0.4, 0.5) is 24.5 Å². The molecule has 0 fully saturated rings. The van der Waals surface area contributed by atoms with Crippen molar-refractivity contribution in [1.82, 2.24) is 0 Å². The van der Waals surface area contributed by atoms with Crippen molar-refractivity contribution < 1.29 is 23.0 Å².